The molecule has 3 nitrogen and oxygen atoms in total. The first-order chi connectivity index (χ1) is 8.99. The lowest BCUT2D eigenvalue weighted by molar-refractivity contribution is 0.102. The molecule has 0 unspecified atom stereocenters. The number of benzene rings is 2. The SMILES string of the molecule is O=C(CS(=O)(=O)c1ccccc1)c1ccc(Cl)cc1. The zero-order chi connectivity index (χ0) is 13.9. The molecule has 2 aromatic rings. The van der Waals surface area contributed by atoms with Gasteiger partial charge in [0.25, 0.3) is 0 Å². The third-order valence-electron chi connectivity index (χ3n) is 2.59. The normalized spacial score (nSPS) is 11.2. The molecular formula is C14H11ClO3S. The number of carbonyl (C=O) groups excluding carboxylic acids is 1. The summed E-state index contributed by atoms with van der Waals surface area (Å²) in [6.45, 7) is 0. The van der Waals surface area contributed by atoms with Crippen molar-refractivity contribution in [3.8, 4) is 0 Å². The van der Waals surface area contributed by atoms with Gasteiger partial charge in [-0.15, -0.1) is 0 Å². The Bertz CT molecular complexity index is 676. The quantitative estimate of drug-likeness (QED) is 0.815. The van der Waals surface area contributed by atoms with Crippen LogP contribution in [0.3, 0.4) is 0 Å². The van der Waals surface area contributed by atoms with Gasteiger partial charge in [-0.1, -0.05) is 29.8 Å². The molecule has 0 spiro atoms. The Kier molecular flexibility index (Phi) is 4.02. The van der Waals surface area contributed by atoms with E-state index in [4.69, 9.17) is 11.6 Å². The Morgan fingerprint density at radius 1 is 0.947 bits per heavy atom. The van der Waals surface area contributed by atoms with E-state index in [0.29, 0.717) is 10.6 Å². The standard InChI is InChI=1S/C14H11ClO3S/c15-12-8-6-11(7-9-12)14(16)10-19(17,18)13-4-2-1-3-5-13/h1-9H,10H2. The Morgan fingerprint density at radius 3 is 2.11 bits per heavy atom. The summed E-state index contributed by atoms with van der Waals surface area (Å²) in [6.07, 6.45) is 0. The first-order valence-corrected chi connectivity index (χ1v) is 7.59. The number of ketones is 1. The Labute approximate surface area is 116 Å². The van der Waals surface area contributed by atoms with Crippen LogP contribution in [0, 0.1) is 0 Å². The summed E-state index contributed by atoms with van der Waals surface area (Å²) in [7, 11) is -3.60. The van der Waals surface area contributed by atoms with E-state index < -0.39 is 21.4 Å². The maximum absolute atomic E-state index is 12.0. The van der Waals surface area contributed by atoms with Crippen molar-refractivity contribution < 1.29 is 13.2 Å². The van der Waals surface area contributed by atoms with Gasteiger partial charge in [0, 0.05) is 10.6 Å². The fraction of sp³-hybridized carbons (Fsp3) is 0.0714. The lowest BCUT2D eigenvalue weighted by Gasteiger charge is -2.04. The summed E-state index contributed by atoms with van der Waals surface area (Å²) < 4.78 is 24.1. The average Bonchev–Trinajstić information content (AvgIpc) is 2.40. The van der Waals surface area contributed by atoms with Gasteiger partial charge in [0.15, 0.2) is 15.6 Å². The molecule has 2 aromatic carbocycles. The van der Waals surface area contributed by atoms with E-state index >= 15 is 0 Å². The summed E-state index contributed by atoms with van der Waals surface area (Å²) >= 11 is 5.72. The van der Waals surface area contributed by atoms with Gasteiger partial charge < -0.3 is 0 Å². The zero-order valence-electron chi connectivity index (χ0n) is 9.91. The van der Waals surface area contributed by atoms with Gasteiger partial charge in [-0.2, -0.15) is 0 Å². The van der Waals surface area contributed by atoms with E-state index in [1.807, 2.05) is 0 Å². The number of carbonyl (C=O) groups is 1. The molecule has 0 saturated heterocycles. The van der Waals surface area contributed by atoms with Crippen LogP contribution in [0.5, 0.6) is 0 Å². The van der Waals surface area contributed by atoms with Crippen LogP contribution in [-0.4, -0.2) is 20.0 Å². The smallest absolute Gasteiger partial charge is 0.185 e. The third kappa shape index (κ3) is 3.43. The van der Waals surface area contributed by atoms with Gasteiger partial charge in [0.05, 0.1) is 4.90 Å². The van der Waals surface area contributed by atoms with Crippen molar-refractivity contribution in [2.45, 2.75) is 4.90 Å². The highest BCUT2D eigenvalue weighted by atomic mass is 35.5. The molecule has 0 heterocycles. The molecule has 0 saturated carbocycles. The predicted octanol–water partition coefficient (Wildman–Crippen LogP) is 3.00. The van der Waals surface area contributed by atoms with Gasteiger partial charge >= 0.3 is 0 Å². The molecule has 2 rings (SSSR count). The summed E-state index contributed by atoms with van der Waals surface area (Å²) in [5.74, 6) is -0.987. The maximum Gasteiger partial charge on any atom is 0.185 e. The van der Waals surface area contributed by atoms with Crippen molar-refractivity contribution in [1.29, 1.82) is 0 Å². The lowest BCUT2D eigenvalue weighted by atomic mass is 10.1. The number of rotatable bonds is 4. The Balaban J connectivity index is 2.22. The van der Waals surface area contributed by atoms with Crippen molar-refractivity contribution in [1.82, 2.24) is 0 Å². The van der Waals surface area contributed by atoms with Crippen LogP contribution in [0.15, 0.2) is 59.5 Å². The van der Waals surface area contributed by atoms with E-state index in [-0.39, 0.29) is 4.90 Å². The van der Waals surface area contributed by atoms with E-state index in [1.165, 1.54) is 24.3 Å². The van der Waals surface area contributed by atoms with Gasteiger partial charge in [0.2, 0.25) is 0 Å². The molecule has 19 heavy (non-hydrogen) atoms. The monoisotopic (exact) mass is 294 g/mol. The summed E-state index contributed by atoms with van der Waals surface area (Å²) in [5.41, 5.74) is 0.337. The molecule has 5 heteroatoms. The second kappa shape index (κ2) is 5.55. The molecule has 0 aromatic heterocycles. The van der Waals surface area contributed by atoms with Gasteiger partial charge in [-0.05, 0) is 36.4 Å². The number of Topliss-reactive ketones (excluding diaryl/α,β-unsaturated/α-hetero) is 1. The van der Waals surface area contributed by atoms with E-state index in [9.17, 15) is 13.2 Å². The highest BCUT2D eigenvalue weighted by Gasteiger charge is 2.19. The minimum Gasteiger partial charge on any atom is -0.293 e. The van der Waals surface area contributed by atoms with Crippen LogP contribution in [-0.2, 0) is 9.84 Å². The van der Waals surface area contributed by atoms with Crippen LogP contribution < -0.4 is 0 Å². The fourth-order valence-corrected chi connectivity index (χ4v) is 2.98. The van der Waals surface area contributed by atoms with Crippen molar-refractivity contribution in [2.75, 3.05) is 5.75 Å². The summed E-state index contributed by atoms with van der Waals surface area (Å²) in [6, 6.07) is 14.1. The first-order valence-electron chi connectivity index (χ1n) is 5.55. The van der Waals surface area contributed by atoms with Crippen molar-refractivity contribution in [2.24, 2.45) is 0 Å². The van der Waals surface area contributed by atoms with Crippen LogP contribution in [0.4, 0.5) is 0 Å². The van der Waals surface area contributed by atoms with Crippen LogP contribution in [0.2, 0.25) is 5.02 Å². The summed E-state index contributed by atoms with van der Waals surface area (Å²) in [5, 5.41) is 0.502. The number of halogens is 1. The van der Waals surface area contributed by atoms with Crippen molar-refractivity contribution in [3.63, 3.8) is 0 Å². The zero-order valence-corrected chi connectivity index (χ0v) is 11.5. The molecule has 0 bridgehead atoms. The van der Waals surface area contributed by atoms with Crippen molar-refractivity contribution >= 4 is 27.2 Å². The molecule has 0 aliphatic rings. The predicted molar refractivity (Wildman–Crippen MR) is 74.3 cm³/mol. The molecule has 0 aliphatic carbocycles. The van der Waals surface area contributed by atoms with Crippen LogP contribution in [0.1, 0.15) is 10.4 Å². The molecule has 0 amide bonds. The fourth-order valence-electron chi connectivity index (χ4n) is 1.60. The van der Waals surface area contributed by atoms with Crippen molar-refractivity contribution in [3.05, 3.63) is 65.2 Å². The highest BCUT2D eigenvalue weighted by Crippen LogP contribution is 2.14. The molecule has 0 N–H and O–H groups in total. The Morgan fingerprint density at radius 2 is 1.53 bits per heavy atom. The number of hydrogen-bond acceptors (Lipinski definition) is 3. The number of hydrogen-bond donors (Lipinski definition) is 0. The molecule has 0 aliphatic heterocycles. The van der Waals surface area contributed by atoms with E-state index in [2.05, 4.69) is 0 Å². The number of sulfone groups is 1. The first kappa shape index (κ1) is 13.8. The van der Waals surface area contributed by atoms with Crippen LogP contribution >= 0.6 is 11.6 Å². The average molecular weight is 295 g/mol. The van der Waals surface area contributed by atoms with Gasteiger partial charge in [-0.25, -0.2) is 8.42 Å². The maximum atomic E-state index is 12.0. The van der Waals surface area contributed by atoms with Crippen LogP contribution in [0.25, 0.3) is 0 Å². The minimum atomic E-state index is -3.60. The van der Waals surface area contributed by atoms with E-state index in [1.54, 1.807) is 30.3 Å². The molecular weight excluding hydrogens is 284 g/mol. The highest BCUT2D eigenvalue weighted by molar-refractivity contribution is 7.92. The van der Waals surface area contributed by atoms with E-state index in [0.717, 1.165) is 0 Å². The van der Waals surface area contributed by atoms with Gasteiger partial charge in [0.1, 0.15) is 5.75 Å². The molecule has 0 fully saturated rings. The largest absolute Gasteiger partial charge is 0.293 e. The van der Waals surface area contributed by atoms with Gasteiger partial charge in [-0.3, -0.25) is 4.79 Å². The topological polar surface area (TPSA) is 51.2 Å². The lowest BCUT2D eigenvalue weighted by Crippen LogP contribution is -2.16. The Hall–Kier alpha value is -1.65. The summed E-state index contributed by atoms with van der Waals surface area (Å²) in [4.78, 5) is 12.1. The molecule has 0 atom stereocenters. The molecule has 98 valence electrons. The second-order valence-electron chi connectivity index (χ2n) is 4.00. The second-order valence-corrected chi connectivity index (χ2v) is 6.43. The third-order valence-corrected chi connectivity index (χ3v) is 4.47. The minimum absolute atomic E-state index is 0.150. The molecule has 0 radical (unpaired) electrons.